The minimum Gasteiger partial charge on any atom is -0.493 e. The summed E-state index contributed by atoms with van der Waals surface area (Å²) in [6.07, 6.45) is 1.57. The number of rotatable bonds is 8. The summed E-state index contributed by atoms with van der Waals surface area (Å²) in [7, 11) is 3.09. The van der Waals surface area contributed by atoms with Crippen LogP contribution in [0, 0.1) is 0 Å². The third-order valence-electron chi connectivity index (χ3n) is 3.57. The Bertz CT molecular complexity index is 673. The van der Waals surface area contributed by atoms with Crippen LogP contribution >= 0.6 is 11.6 Å². The number of furan rings is 1. The highest BCUT2D eigenvalue weighted by Crippen LogP contribution is 2.37. The van der Waals surface area contributed by atoms with Gasteiger partial charge in [0, 0.05) is 6.54 Å². The lowest BCUT2D eigenvalue weighted by atomic mass is 10.1. The predicted molar refractivity (Wildman–Crippen MR) is 91.4 cm³/mol. The van der Waals surface area contributed by atoms with E-state index in [1.165, 1.54) is 7.11 Å². The number of nitrogens with one attached hydrogen (secondary N) is 2. The first-order valence-corrected chi connectivity index (χ1v) is 7.87. The molecule has 1 aromatic carbocycles. The molecule has 6 nitrogen and oxygen atoms in total. The number of ether oxygens (including phenoxy) is 2. The van der Waals surface area contributed by atoms with Crippen LogP contribution in [0.15, 0.2) is 34.9 Å². The van der Waals surface area contributed by atoms with E-state index in [1.54, 1.807) is 32.4 Å². The number of benzene rings is 1. The summed E-state index contributed by atoms with van der Waals surface area (Å²) in [6.45, 7) is 2.57. The molecule has 1 heterocycles. The quantitative estimate of drug-likeness (QED) is 0.764. The molecule has 1 aromatic heterocycles. The molecule has 24 heavy (non-hydrogen) atoms. The highest BCUT2D eigenvalue weighted by atomic mass is 35.5. The fraction of sp³-hybridized carbons (Fsp3) is 0.353. The minimum absolute atomic E-state index is 0.122. The van der Waals surface area contributed by atoms with Crippen LogP contribution in [0.1, 0.15) is 18.2 Å². The van der Waals surface area contributed by atoms with Crippen LogP contribution in [-0.4, -0.2) is 26.2 Å². The number of carbonyl (C=O) groups excluding carboxylic acids is 1. The Hall–Kier alpha value is -2.18. The van der Waals surface area contributed by atoms with Gasteiger partial charge in [0.15, 0.2) is 11.5 Å². The second kappa shape index (κ2) is 8.61. The molecule has 1 atom stereocenters. The molecule has 0 spiro atoms. The van der Waals surface area contributed by atoms with Crippen molar-refractivity contribution in [3.8, 4) is 11.5 Å². The van der Waals surface area contributed by atoms with Crippen LogP contribution in [-0.2, 0) is 17.9 Å². The lowest BCUT2D eigenvalue weighted by Gasteiger charge is -2.16. The summed E-state index contributed by atoms with van der Waals surface area (Å²) in [4.78, 5) is 12.1. The highest BCUT2D eigenvalue weighted by Gasteiger charge is 2.16. The molecule has 0 fully saturated rings. The maximum absolute atomic E-state index is 12.1. The summed E-state index contributed by atoms with van der Waals surface area (Å²) in [5.41, 5.74) is 0.819. The predicted octanol–water partition coefficient (Wildman–Crippen LogP) is 2.74. The van der Waals surface area contributed by atoms with Gasteiger partial charge in [-0.2, -0.15) is 0 Å². The number of methoxy groups -OCH3 is 2. The van der Waals surface area contributed by atoms with Gasteiger partial charge in [0.2, 0.25) is 5.91 Å². The lowest BCUT2D eigenvalue weighted by Crippen LogP contribution is -2.41. The average Bonchev–Trinajstić information content (AvgIpc) is 3.11. The molecule has 0 saturated carbocycles. The Kier molecular flexibility index (Phi) is 6.52. The van der Waals surface area contributed by atoms with Crippen LogP contribution in [0.3, 0.4) is 0 Å². The fourth-order valence-electron chi connectivity index (χ4n) is 2.16. The fourth-order valence-corrected chi connectivity index (χ4v) is 2.46. The van der Waals surface area contributed by atoms with Crippen molar-refractivity contribution in [2.24, 2.45) is 0 Å². The van der Waals surface area contributed by atoms with E-state index in [2.05, 4.69) is 10.6 Å². The average molecular weight is 353 g/mol. The zero-order valence-corrected chi connectivity index (χ0v) is 14.6. The lowest BCUT2D eigenvalue weighted by molar-refractivity contribution is -0.123. The van der Waals surface area contributed by atoms with Crippen LogP contribution in [0.2, 0.25) is 5.02 Å². The number of halogens is 1. The number of hydrogen-bond acceptors (Lipinski definition) is 5. The Morgan fingerprint density at radius 2 is 2.04 bits per heavy atom. The Morgan fingerprint density at radius 1 is 1.25 bits per heavy atom. The third-order valence-corrected chi connectivity index (χ3v) is 3.99. The number of amides is 1. The van der Waals surface area contributed by atoms with Gasteiger partial charge in [-0.25, -0.2) is 0 Å². The van der Waals surface area contributed by atoms with E-state index in [-0.39, 0.29) is 11.9 Å². The second-order valence-corrected chi connectivity index (χ2v) is 5.55. The largest absolute Gasteiger partial charge is 0.493 e. The summed E-state index contributed by atoms with van der Waals surface area (Å²) in [5, 5.41) is 6.40. The van der Waals surface area contributed by atoms with E-state index in [9.17, 15) is 4.79 Å². The van der Waals surface area contributed by atoms with E-state index in [0.717, 1.165) is 5.56 Å². The van der Waals surface area contributed by atoms with Gasteiger partial charge in [0.05, 0.1) is 38.1 Å². The summed E-state index contributed by atoms with van der Waals surface area (Å²) in [5.74, 6) is 1.63. The summed E-state index contributed by atoms with van der Waals surface area (Å²) in [6, 6.07) is 6.82. The number of carbonyl (C=O) groups is 1. The molecular weight excluding hydrogens is 332 g/mol. The Balaban J connectivity index is 1.91. The molecule has 2 rings (SSSR count). The molecule has 2 aromatic rings. The molecule has 1 amide bonds. The Morgan fingerprint density at radius 3 is 2.67 bits per heavy atom. The highest BCUT2D eigenvalue weighted by molar-refractivity contribution is 6.33. The first kappa shape index (κ1) is 18.2. The maximum Gasteiger partial charge on any atom is 0.237 e. The molecule has 2 N–H and O–H groups in total. The van der Waals surface area contributed by atoms with Crippen LogP contribution < -0.4 is 20.1 Å². The van der Waals surface area contributed by atoms with Crippen LogP contribution in [0.25, 0.3) is 0 Å². The van der Waals surface area contributed by atoms with Crippen molar-refractivity contribution in [1.82, 2.24) is 10.6 Å². The zero-order chi connectivity index (χ0) is 17.5. The first-order chi connectivity index (χ1) is 11.6. The van der Waals surface area contributed by atoms with Crippen molar-refractivity contribution in [3.63, 3.8) is 0 Å². The molecule has 0 bridgehead atoms. The van der Waals surface area contributed by atoms with E-state index in [1.807, 2.05) is 12.1 Å². The van der Waals surface area contributed by atoms with Crippen molar-refractivity contribution < 1.29 is 18.7 Å². The molecule has 0 saturated heterocycles. The van der Waals surface area contributed by atoms with Crippen LogP contribution in [0.4, 0.5) is 0 Å². The molecule has 0 aliphatic heterocycles. The van der Waals surface area contributed by atoms with Gasteiger partial charge in [-0.15, -0.1) is 0 Å². The van der Waals surface area contributed by atoms with Gasteiger partial charge >= 0.3 is 0 Å². The van der Waals surface area contributed by atoms with Crippen molar-refractivity contribution in [2.45, 2.75) is 26.1 Å². The third kappa shape index (κ3) is 4.43. The van der Waals surface area contributed by atoms with Crippen LogP contribution in [0.5, 0.6) is 11.5 Å². The minimum atomic E-state index is -0.385. The van der Waals surface area contributed by atoms with Crippen molar-refractivity contribution in [2.75, 3.05) is 14.2 Å². The van der Waals surface area contributed by atoms with Gasteiger partial charge < -0.3 is 24.5 Å². The van der Waals surface area contributed by atoms with Gasteiger partial charge in [-0.05, 0) is 30.7 Å². The molecule has 0 aliphatic rings. The second-order valence-electron chi connectivity index (χ2n) is 5.17. The molecular formula is C17H21ClN2O4. The van der Waals surface area contributed by atoms with Crippen molar-refractivity contribution >= 4 is 17.5 Å². The van der Waals surface area contributed by atoms with Gasteiger partial charge in [0.25, 0.3) is 0 Å². The summed E-state index contributed by atoms with van der Waals surface area (Å²) >= 11 is 6.33. The maximum atomic E-state index is 12.1. The molecule has 7 heteroatoms. The zero-order valence-electron chi connectivity index (χ0n) is 13.9. The Labute approximate surface area is 146 Å². The van der Waals surface area contributed by atoms with Crippen molar-refractivity contribution in [3.05, 3.63) is 46.9 Å². The molecule has 1 unspecified atom stereocenters. The SMILES string of the molecule is COc1ccc(CNC(C)C(=O)NCc2ccco2)c(Cl)c1OC. The topological polar surface area (TPSA) is 72.7 Å². The van der Waals surface area contributed by atoms with Gasteiger partial charge in [-0.1, -0.05) is 17.7 Å². The first-order valence-electron chi connectivity index (χ1n) is 7.49. The molecule has 0 aliphatic carbocycles. The van der Waals surface area contributed by atoms with E-state index >= 15 is 0 Å². The van der Waals surface area contributed by atoms with Gasteiger partial charge in [-0.3, -0.25) is 4.79 Å². The van der Waals surface area contributed by atoms with E-state index in [4.69, 9.17) is 25.5 Å². The standard InChI is InChI=1S/C17H21ClN2O4/c1-11(17(21)20-10-13-5-4-8-24-13)19-9-12-6-7-14(22-2)16(23-3)15(12)18/h4-8,11,19H,9-10H2,1-3H3,(H,20,21). The normalized spacial score (nSPS) is 11.8. The smallest absolute Gasteiger partial charge is 0.237 e. The van der Waals surface area contributed by atoms with E-state index < -0.39 is 0 Å². The van der Waals surface area contributed by atoms with E-state index in [0.29, 0.717) is 35.4 Å². The molecule has 0 radical (unpaired) electrons. The van der Waals surface area contributed by atoms with Gasteiger partial charge in [0.1, 0.15) is 5.76 Å². The van der Waals surface area contributed by atoms with Crippen molar-refractivity contribution in [1.29, 1.82) is 0 Å². The monoisotopic (exact) mass is 352 g/mol. The molecule has 130 valence electrons. The number of hydrogen-bond donors (Lipinski definition) is 2. The summed E-state index contributed by atoms with van der Waals surface area (Å²) < 4.78 is 15.6.